The average molecular weight is 365 g/mol. The molecule has 2 aromatic carbocycles. The zero-order chi connectivity index (χ0) is 18.0. The standard InChI is InChI=1S/C17H11ClF2N2O3/c1-24-17(23)14-15(9-3-2-4-10(18)7-9)22-25-16(14)21-11-5-6-12(19)13(20)8-11/h2-8,21H,1H3. The molecule has 1 N–H and O–H groups in total. The molecule has 1 aromatic heterocycles. The van der Waals surface area contributed by atoms with Gasteiger partial charge in [-0.05, 0) is 24.3 Å². The highest BCUT2D eigenvalue weighted by molar-refractivity contribution is 6.30. The van der Waals surface area contributed by atoms with Gasteiger partial charge in [0.05, 0.1) is 7.11 Å². The number of hydrogen-bond acceptors (Lipinski definition) is 5. The van der Waals surface area contributed by atoms with Crippen LogP contribution < -0.4 is 5.32 Å². The van der Waals surface area contributed by atoms with Gasteiger partial charge in [-0.3, -0.25) is 0 Å². The van der Waals surface area contributed by atoms with Crippen molar-refractivity contribution in [3.8, 4) is 11.3 Å². The Hall–Kier alpha value is -2.93. The predicted octanol–water partition coefficient (Wildman–Crippen LogP) is 4.80. The average Bonchev–Trinajstić information content (AvgIpc) is 3.01. The first-order valence-electron chi connectivity index (χ1n) is 7.05. The van der Waals surface area contributed by atoms with E-state index in [-0.39, 0.29) is 22.8 Å². The number of esters is 1. The van der Waals surface area contributed by atoms with E-state index in [2.05, 4.69) is 10.5 Å². The topological polar surface area (TPSA) is 64.4 Å². The van der Waals surface area contributed by atoms with Crippen molar-refractivity contribution in [2.24, 2.45) is 0 Å². The molecule has 0 unspecified atom stereocenters. The summed E-state index contributed by atoms with van der Waals surface area (Å²) in [5.41, 5.74) is 0.932. The summed E-state index contributed by atoms with van der Waals surface area (Å²) in [6, 6.07) is 9.83. The van der Waals surface area contributed by atoms with E-state index in [0.29, 0.717) is 10.6 Å². The summed E-state index contributed by atoms with van der Waals surface area (Å²) in [5.74, 6) is -2.80. The maximum absolute atomic E-state index is 13.4. The van der Waals surface area contributed by atoms with Crippen molar-refractivity contribution < 1.29 is 22.8 Å². The van der Waals surface area contributed by atoms with Crippen molar-refractivity contribution >= 4 is 29.1 Å². The van der Waals surface area contributed by atoms with Gasteiger partial charge >= 0.3 is 5.97 Å². The molecule has 0 bridgehead atoms. The van der Waals surface area contributed by atoms with E-state index >= 15 is 0 Å². The van der Waals surface area contributed by atoms with Gasteiger partial charge < -0.3 is 14.6 Å². The molecule has 0 amide bonds. The molecule has 3 aromatic rings. The van der Waals surface area contributed by atoms with Crippen molar-refractivity contribution in [2.45, 2.75) is 0 Å². The van der Waals surface area contributed by atoms with E-state index in [1.54, 1.807) is 24.3 Å². The minimum Gasteiger partial charge on any atom is -0.465 e. The minimum absolute atomic E-state index is 0.00880. The maximum Gasteiger partial charge on any atom is 0.345 e. The normalized spacial score (nSPS) is 10.6. The maximum atomic E-state index is 13.4. The van der Waals surface area contributed by atoms with Crippen LogP contribution in [0.2, 0.25) is 5.02 Å². The third-order valence-electron chi connectivity index (χ3n) is 3.36. The Labute approximate surface area is 146 Å². The van der Waals surface area contributed by atoms with Crippen LogP contribution in [0, 0.1) is 11.6 Å². The molecule has 0 saturated carbocycles. The van der Waals surface area contributed by atoms with Crippen molar-refractivity contribution in [1.29, 1.82) is 0 Å². The molecule has 5 nitrogen and oxygen atoms in total. The van der Waals surface area contributed by atoms with Crippen LogP contribution in [-0.2, 0) is 4.74 Å². The fourth-order valence-electron chi connectivity index (χ4n) is 2.20. The summed E-state index contributed by atoms with van der Waals surface area (Å²) in [5, 5.41) is 7.01. The first-order valence-corrected chi connectivity index (χ1v) is 7.43. The fourth-order valence-corrected chi connectivity index (χ4v) is 2.39. The molecule has 0 atom stereocenters. The molecule has 0 spiro atoms. The molecule has 0 aliphatic heterocycles. The monoisotopic (exact) mass is 364 g/mol. The molecule has 1 heterocycles. The third kappa shape index (κ3) is 3.46. The van der Waals surface area contributed by atoms with Gasteiger partial charge in [0.1, 0.15) is 5.69 Å². The lowest BCUT2D eigenvalue weighted by Gasteiger charge is -2.06. The largest absolute Gasteiger partial charge is 0.465 e. The Bertz CT molecular complexity index is 943. The van der Waals surface area contributed by atoms with Crippen LogP contribution >= 0.6 is 11.6 Å². The van der Waals surface area contributed by atoms with E-state index in [0.717, 1.165) is 12.1 Å². The van der Waals surface area contributed by atoms with Crippen LogP contribution in [0.15, 0.2) is 47.0 Å². The molecule has 8 heteroatoms. The number of hydrogen-bond donors (Lipinski definition) is 1. The summed E-state index contributed by atoms with van der Waals surface area (Å²) in [7, 11) is 1.21. The molecule has 128 valence electrons. The Kier molecular flexibility index (Phi) is 4.67. The highest BCUT2D eigenvalue weighted by Gasteiger charge is 2.25. The van der Waals surface area contributed by atoms with Gasteiger partial charge in [-0.1, -0.05) is 28.9 Å². The van der Waals surface area contributed by atoms with Gasteiger partial charge in [0, 0.05) is 22.3 Å². The number of nitrogens with zero attached hydrogens (tertiary/aromatic N) is 1. The number of nitrogens with one attached hydrogen (secondary N) is 1. The SMILES string of the molecule is COC(=O)c1c(-c2cccc(Cl)c2)noc1Nc1ccc(F)c(F)c1. The van der Waals surface area contributed by atoms with Gasteiger partial charge in [0.25, 0.3) is 0 Å². The van der Waals surface area contributed by atoms with E-state index in [9.17, 15) is 13.6 Å². The van der Waals surface area contributed by atoms with Crippen molar-refractivity contribution in [3.05, 3.63) is 64.7 Å². The van der Waals surface area contributed by atoms with Crippen molar-refractivity contribution in [2.75, 3.05) is 12.4 Å². The second-order valence-electron chi connectivity index (χ2n) is 4.99. The number of ether oxygens (including phenoxy) is 1. The van der Waals surface area contributed by atoms with Gasteiger partial charge in [-0.25, -0.2) is 13.6 Å². The molecule has 25 heavy (non-hydrogen) atoms. The Balaban J connectivity index is 2.05. The van der Waals surface area contributed by atoms with Crippen LogP contribution in [0.5, 0.6) is 0 Å². The zero-order valence-electron chi connectivity index (χ0n) is 12.8. The predicted molar refractivity (Wildman–Crippen MR) is 87.9 cm³/mol. The van der Waals surface area contributed by atoms with E-state index in [1.165, 1.54) is 13.2 Å². The quantitative estimate of drug-likeness (QED) is 0.673. The van der Waals surface area contributed by atoms with Crippen molar-refractivity contribution in [3.63, 3.8) is 0 Å². The molecule has 0 aliphatic rings. The highest BCUT2D eigenvalue weighted by atomic mass is 35.5. The number of carbonyl (C=O) groups is 1. The molecule has 0 fully saturated rings. The van der Waals surface area contributed by atoms with Crippen LogP contribution in [0.3, 0.4) is 0 Å². The number of benzene rings is 2. The lowest BCUT2D eigenvalue weighted by atomic mass is 10.1. The number of methoxy groups -OCH3 is 1. The Morgan fingerprint density at radius 2 is 2.00 bits per heavy atom. The van der Waals surface area contributed by atoms with Crippen LogP contribution in [0.4, 0.5) is 20.4 Å². The van der Waals surface area contributed by atoms with Gasteiger partial charge in [0.2, 0.25) is 5.88 Å². The van der Waals surface area contributed by atoms with Crippen LogP contribution in [-0.4, -0.2) is 18.2 Å². The minimum atomic E-state index is -1.04. The second-order valence-corrected chi connectivity index (χ2v) is 5.43. The lowest BCUT2D eigenvalue weighted by molar-refractivity contribution is 0.0602. The van der Waals surface area contributed by atoms with Gasteiger partial charge in [-0.15, -0.1) is 0 Å². The van der Waals surface area contributed by atoms with Gasteiger partial charge in [-0.2, -0.15) is 0 Å². The summed E-state index contributed by atoms with van der Waals surface area (Å²) < 4.78 is 36.3. The molecule has 0 saturated heterocycles. The summed E-state index contributed by atoms with van der Waals surface area (Å²) >= 11 is 5.96. The van der Waals surface area contributed by atoms with E-state index in [4.69, 9.17) is 20.9 Å². The highest BCUT2D eigenvalue weighted by Crippen LogP contribution is 2.32. The third-order valence-corrected chi connectivity index (χ3v) is 3.59. The zero-order valence-corrected chi connectivity index (χ0v) is 13.6. The molecule has 0 radical (unpaired) electrons. The first kappa shape index (κ1) is 16.9. The van der Waals surface area contributed by atoms with E-state index in [1.807, 2.05) is 0 Å². The van der Waals surface area contributed by atoms with E-state index < -0.39 is 17.6 Å². The summed E-state index contributed by atoms with van der Waals surface area (Å²) in [6.45, 7) is 0. The fraction of sp³-hybridized carbons (Fsp3) is 0.0588. The Morgan fingerprint density at radius 1 is 1.20 bits per heavy atom. The molecule has 0 aliphatic carbocycles. The number of anilines is 2. The molecular formula is C17H11ClF2N2O3. The number of halogens is 3. The smallest absolute Gasteiger partial charge is 0.345 e. The van der Waals surface area contributed by atoms with Gasteiger partial charge in [0.15, 0.2) is 17.2 Å². The number of rotatable bonds is 4. The lowest BCUT2D eigenvalue weighted by Crippen LogP contribution is -2.05. The molecule has 3 rings (SSSR count). The number of carbonyl (C=O) groups excluding carboxylic acids is 1. The van der Waals surface area contributed by atoms with Crippen LogP contribution in [0.25, 0.3) is 11.3 Å². The van der Waals surface area contributed by atoms with Crippen LogP contribution in [0.1, 0.15) is 10.4 Å². The Morgan fingerprint density at radius 3 is 2.68 bits per heavy atom. The summed E-state index contributed by atoms with van der Waals surface area (Å²) in [6.07, 6.45) is 0. The second kappa shape index (κ2) is 6.90. The number of aromatic nitrogens is 1. The molecular weight excluding hydrogens is 354 g/mol. The van der Waals surface area contributed by atoms with Crippen molar-refractivity contribution in [1.82, 2.24) is 5.16 Å². The first-order chi connectivity index (χ1) is 12.0. The summed E-state index contributed by atoms with van der Waals surface area (Å²) in [4.78, 5) is 12.2.